The maximum absolute atomic E-state index is 14.0. The number of aromatic nitrogens is 3. The summed E-state index contributed by atoms with van der Waals surface area (Å²) in [6.07, 6.45) is 2.87. The smallest absolute Gasteiger partial charge is 0.258 e. The molecular weight excluding hydrogens is 460 g/mol. The molecule has 1 aliphatic rings. The highest BCUT2D eigenvalue weighted by molar-refractivity contribution is 6.33. The molecule has 170 valence electrons. The lowest BCUT2D eigenvalue weighted by Crippen LogP contribution is -2.14. The second-order valence-corrected chi connectivity index (χ2v) is 8.24. The number of carbonyl (C=O) groups excluding carboxylic acids is 1. The summed E-state index contributed by atoms with van der Waals surface area (Å²) in [5.41, 5.74) is 11.2. The number of pyridine rings is 1. The minimum absolute atomic E-state index is 0.0998. The molecule has 6 nitrogen and oxygen atoms in total. The molecule has 2 aromatic carbocycles. The van der Waals surface area contributed by atoms with Gasteiger partial charge >= 0.3 is 0 Å². The van der Waals surface area contributed by atoms with Crippen molar-refractivity contribution in [2.45, 2.75) is 12.8 Å². The van der Waals surface area contributed by atoms with Gasteiger partial charge in [0.1, 0.15) is 10.8 Å². The average Bonchev–Trinajstić information content (AvgIpc) is 3.22. The van der Waals surface area contributed by atoms with E-state index in [0.29, 0.717) is 29.2 Å². The summed E-state index contributed by atoms with van der Waals surface area (Å²) in [5.74, 6) is -2.34. The predicted octanol–water partition coefficient (Wildman–Crippen LogP) is 5.15. The normalized spacial score (nSPS) is 12.1. The topological polar surface area (TPSA) is 85.8 Å². The van der Waals surface area contributed by atoms with Crippen molar-refractivity contribution in [2.24, 2.45) is 5.73 Å². The summed E-state index contributed by atoms with van der Waals surface area (Å²) in [4.78, 5) is 16.7. The molecule has 0 bridgehead atoms. The predicted molar refractivity (Wildman–Crippen MR) is 127 cm³/mol. The van der Waals surface area contributed by atoms with Crippen molar-refractivity contribution in [1.29, 1.82) is 0 Å². The molecule has 2 aromatic heterocycles. The van der Waals surface area contributed by atoms with Crippen LogP contribution in [0.2, 0.25) is 5.15 Å². The Hall–Kier alpha value is -4.04. The average molecular weight is 478 g/mol. The SMILES string of the molecule is C=C(N)c1nn(-c2ccc(F)c(F)c2)c2c1CCc1ccc(NC(=O)c3cccnc3Cl)cc1-2. The van der Waals surface area contributed by atoms with E-state index in [4.69, 9.17) is 17.3 Å². The van der Waals surface area contributed by atoms with Gasteiger partial charge in [0.2, 0.25) is 0 Å². The van der Waals surface area contributed by atoms with Gasteiger partial charge in [-0.2, -0.15) is 5.10 Å². The minimum Gasteiger partial charge on any atom is -0.397 e. The van der Waals surface area contributed by atoms with Crippen LogP contribution in [-0.2, 0) is 12.8 Å². The van der Waals surface area contributed by atoms with Gasteiger partial charge in [0.05, 0.1) is 22.6 Å². The Morgan fingerprint density at radius 3 is 2.68 bits per heavy atom. The number of nitrogens with zero attached hydrogens (tertiary/aromatic N) is 3. The molecule has 0 saturated heterocycles. The summed E-state index contributed by atoms with van der Waals surface area (Å²) < 4.78 is 29.1. The molecule has 5 rings (SSSR count). The van der Waals surface area contributed by atoms with Crippen molar-refractivity contribution in [3.63, 3.8) is 0 Å². The van der Waals surface area contributed by atoms with E-state index < -0.39 is 17.5 Å². The summed E-state index contributed by atoms with van der Waals surface area (Å²) in [6.45, 7) is 3.82. The zero-order valence-corrected chi connectivity index (χ0v) is 18.5. The van der Waals surface area contributed by atoms with Crippen LogP contribution < -0.4 is 11.1 Å². The van der Waals surface area contributed by atoms with E-state index in [9.17, 15) is 13.6 Å². The zero-order valence-electron chi connectivity index (χ0n) is 17.8. The second-order valence-electron chi connectivity index (χ2n) is 7.88. The number of benzene rings is 2. The molecule has 34 heavy (non-hydrogen) atoms. The van der Waals surface area contributed by atoms with Crippen LogP contribution in [0.25, 0.3) is 22.6 Å². The van der Waals surface area contributed by atoms with E-state index in [2.05, 4.69) is 22.0 Å². The Kier molecular flexibility index (Phi) is 5.37. The van der Waals surface area contributed by atoms with Crippen molar-refractivity contribution in [1.82, 2.24) is 14.8 Å². The van der Waals surface area contributed by atoms with Gasteiger partial charge in [-0.25, -0.2) is 18.4 Å². The number of anilines is 1. The van der Waals surface area contributed by atoms with E-state index >= 15 is 0 Å². The number of nitrogens with two attached hydrogens (primary N) is 1. The van der Waals surface area contributed by atoms with Crippen LogP contribution in [0, 0.1) is 11.6 Å². The summed E-state index contributed by atoms with van der Waals surface area (Å²) in [7, 11) is 0. The first kappa shape index (κ1) is 21.8. The molecular formula is C25H18ClF2N5O. The van der Waals surface area contributed by atoms with Gasteiger partial charge in [-0.3, -0.25) is 4.79 Å². The molecule has 0 spiro atoms. The van der Waals surface area contributed by atoms with E-state index in [0.717, 1.165) is 35.2 Å². The van der Waals surface area contributed by atoms with E-state index in [-0.39, 0.29) is 16.4 Å². The molecule has 3 N–H and O–H groups in total. The first-order valence-corrected chi connectivity index (χ1v) is 10.8. The highest BCUT2D eigenvalue weighted by Crippen LogP contribution is 2.39. The third kappa shape index (κ3) is 3.72. The quantitative estimate of drug-likeness (QED) is 0.398. The number of hydrogen-bond donors (Lipinski definition) is 2. The van der Waals surface area contributed by atoms with E-state index in [1.54, 1.807) is 18.2 Å². The monoisotopic (exact) mass is 477 g/mol. The van der Waals surface area contributed by atoms with Crippen LogP contribution in [0.1, 0.15) is 27.2 Å². The first-order valence-electron chi connectivity index (χ1n) is 10.4. The lowest BCUT2D eigenvalue weighted by atomic mass is 9.88. The summed E-state index contributed by atoms with van der Waals surface area (Å²) >= 11 is 6.05. The number of halogens is 3. The largest absolute Gasteiger partial charge is 0.397 e. The molecule has 2 heterocycles. The highest BCUT2D eigenvalue weighted by Gasteiger charge is 2.27. The van der Waals surface area contributed by atoms with Gasteiger partial charge in [-0.1, -0.05) is 24.2 Å². The molecule has 1 aliphatic carbocycles. The van der Waals surface area contributed by atoms with Crippen molar-refractivity contribution >= 4 is 28.9 Å². The number of fused-ring (bicyclic) bond motifs is 3. The molecule has 9 heteroatoms. The molecule has 0 radical (unpaired) electrons. The zero-order chi connectivity index (χ0) is 24.0. The lowest BCUT2D eigenvalue weighted by molar-refractivity contribution is 0.102. The van der Waals surface area contributed by atoms with Crippen LogP contribution in [0.4, 0.5) is 14.5 Å². The van der Waals surface area contributed by atoms with Crippen molar-refractivity contribution in [3.05, 3.63) is 100 Å². The van der Waals surface area contributed by atoms with Crippen LogP contribution in [0.3, 0.4) is 0 Å². The maximum Gasteiger partial charge on any atom is 0.258 e. The van der Waals surface area contributed by atoms with Crippen molar-refractivity contribution in [2.75, 3.05) is 5.32 Å². The van der Waals surface area contributed by atoms with Gasteiger partial charge < -0.3 is 11.1 Å². The number of amides is 1. The molecule has 1 amide bonds. The fourth-order valence-corrected chi connectivity index (χ4v) is 4.34. The summed E-state index contributed by atoms with van der Waals surface area (Å²) in [5, 5.41) is 7.51. The van der Waals surface area contributed by atoms with Crippen molar-refractivity contribution < 1.29 is 13.6 Å². The van der Waals surface area contributed by atoms with Gasteiger partial charge in [0.25, 0.3) is 5.91 Å². The first-order chi connectivity index (χ1) is 16.3. The van der Waals surface area contributed by atoms with Crippen molar-refractivity contribution in [3.8, 4) is 16.9 Å². The van der Waals surface area contributed by atoms with Crippen LogP contribution >= 0.6 is 11.6 Å². The molecule has 0 fully saturated rings. The third-order valence-electron chi connectivity index (χ3n) is 5.71. The Morgan fingerprint density at radius 1 is 1.12 bits per heavy atom. The standard InChI is InChI=1S/C25H18ClF2N5O/c1-13(29)22-17-8-5-14-4-6-15(31-25(34)18-3-2-10-30-24(18)26)11-19(14)23(17)33(32-22)16-7-9-20(27)21(28)12-16/h2-4,6-7,9-12H,1,5,8,29H2,(H,31,34). The highest BCUT2D eigenvalue weighted by atomic mass is 35.5. The number of carbonyl (C=O) groups is 1. The Labute approximate surface area is 198 Å². The fourth-order valence-electron chi connectivity index (χ4n) is 4.13. The fraction of sp³-hybridized carbons (Fsp3) is 0.0800. The molecule has 0 atom stereocenters. The van der Waals surface area contributed by atoms with E-state index in [1.807, 2.05) is 12.1 Å². The molecule has 4 aromatic rings. The van der Waals surface area contributed by atoms with Crippen LogP contribution in [0.15, 0.2) is 61.3 Å². The van der Waals surface area contributed by atoms with Gasteiger partial charge in [0, 0.05) is 29.1 Å². The number of rotatable bonds is 4. The maximum atomic E-state index is 14.0. The number of aryl methyl sites for hydroxylation is 1. The Balaban J connectivity index is 1.62. The van der Waals surface area contributed by atoms with Gasteiger partial charge in [0.15, 0.2) is 11.6 Å². The van der Waals surface area contributed by atoms with Gasteiger partial charge in [-0.05, 0) is 54.8 Å². The van der Waals surface area contributed by atoms with Crippen LogP contribution in [0.5, 0.6) is 0 Å². The third-order valence-corrected chi connectivity index (χ3v) is 6.01. The number of hydrogen-bond acceptors (Lipinski definition) is 4. The molecule has 0 unspecified atom stereocenters. The number of nitrogens with one attached hydrogen (secondary N) is 1. The lowest BCUT2D eigenvalue weighted by Gasteiger charge is -2.20. The molecule has 0 saturated carbocycles. The Morgan fingerprint density at radius 2 is 1.94 bits per heavy atom. The van der Waals surface area contributed by atoms with Crippen LogP contribution in [-0.4, -0.2) is 20.7 Å². The minimum atomic E-state index is -0.986. The molecule has 0 aliphatic heterocycles. The van der Waals surface area contributed by atoms with Gasteiger partial charge in [-0.15, -0.1) is 0 Å². The Bertz CT molecular complexity index is 1480. The summed E-state index contributed by atoms with van der Waals surface area (Å²) in [6, 6.07) is 12.3. The second kappa shape index (κ2) is 8.39. The van der Waals surface area contributed by atoms with E-state index in [1.165, 1.54) is 16.9 Å².